The molecule has 2 aliphatic carbocycles. The minimum Gasteiger partial charge on any atom is -0.392 e. The van der Waals surface area contributed by atoms with E-state index in [-0.39, 0.29) is 17.4 Å². The molecule has 2 rings (SSSR count). The van der Waals surface area contributed by atoms with E-state index in [1.165, 1.54) is 5.57 Å². The number of rotatable bonds is 1. The number of hydrogen-bond acceptors (Lipinski definition) is 2. The van der Waals surface area contributed by atoms with E-state index in [2.05, 4.69) is 19.9 Å². The molecule has 2 N–H and O–H groups in total. The van der Waals surface area contributed by atoms with Gasteiger partial charge in [0.1, 0.15) is 0 Å². The first-order chi connectivity index (χ1) is 7.75. The summed E-state index contributed by atoms with van der Waals surface area (Å²) in [4.78, 5) is 0. The molecular formula is C15H26O2. The molecule has 0 bridgehead atoms. The van der Waals surface area contributed by atoms with Gasteiger partial charge in [-0.25, -0.2) is 0 Å². The summed E-state index contributed by atoms with van der Waals surface area (Å²) in [5.74, 6) is 0.784. The van der Waals surface area contributed by atoms with Crippen LogP contribution in [0.1, 0.15) is 53.4 Å². The van der Waals surface area contributed by atoms with Crippen molar-refractivity contribution in [3.8, 4) is 0 Å². The van der Waals surface area contributed by atoms with E-state index in [9.17, 15) is 10.2 Å². The standard InChI is InChI=1S/C15H26O2/c1-10-5-6-13(16)15(4)8-7-11(9-12(10)15)14(2,3)17/h9-11,13,16-17H,5-8H2,1-4H3/t10-,11+,13+,15-/m1/s1. The maximum absolute atomic E-state index is 10.3. The first-order valence-electron chi connectivity index (χ1n) is 6.88. The molecule has 4 atom stereocenters. The molecular weight excluding hydrogens is 212 g/mol. The van der Waals surface area contributed by atoms with Gasteiger partial charge in [-0.05, 0) is 45.4 Å². The second-order valence-corrected chi connectivity index (χ2v) is 6.83. The van der Waals surface area contributed by atoms with Gasteiger partial charge in [0.05, 0.1) is 11.7 Å². The summed E-state index contributed by atoms with van der Waals surface area (Å²) in [6.45, 7) is 8.23. The lowest BCUT2D eigenvalue weighted by molar-refractivity contribution is -0.0157. The highest BCUT2D eigenvalue weighted by molar-refractivity contribution is 5.26. The highest BCUT2D eigenvalue weighted by Gasteiger charge is 2.46. The van der Waals surface area contributed by atoms with Gasteiger partial charge in [0.2, 0.25) is 0 Å². The van der Waals surface area contributed by atoms with E-state index in [0.717, 1.165) is 25.7 Å². The molecule has 98 valence electrons. The molecule has 2 nitrogen and oxygen atoms in total. The normalized spacial score (nSPS) is 42.9. The van der Waals surface area contributed by atoms with E-state index in [1.54, 1.807) is 0 Å². The largest absolute Gasteiger partial charge is 0.392 e. The third-order valence-electron chi connectivity index (χ3n) is 5.06. The minimum atomic E-state index is -0.642. The third kappa shape index (κ3) is 2.17. The molecule has 0 aromatic heterocycles. The molecule has 0 aliphatic heterocycles. The molecule has 0 aromatic carbocycles. The van der Waals surface area contributed by atoms with Crippen molar-refractivity contribution in [2.24, 2.45) is 17.3 Å². The SMILES string of the molecule is C[C@@H]1CC[C@H](O)[C@]2(C)CC[C@H](C(C)(C)O)C=C12. The summed E-state index contributed by atoms with van der Waals surface area (Å²) in [6.07, 6.45) is 6.03. The number of aliphatic hydroxyl groups is 2. The van der Waals surface area contributed by atoms with Crippen LogP contribution in [0.25, 0.3) is 0 Å². The molecule has 0 spiro atoms. The van der Waals surface area contributed by atoms with Crippen molar-refractivity contribution < 1.29 is 10.2 Å². The van der Waals surface area contributed by atoms with Gasteiger partial charge < -0.3 is 10.2 Å². The first-order valence-corrected chi connectivity index (χ1v) is 6.88. The van der Waals surface area contributed by atoms with Crippen LogP contribution >= 0.6 is 0 Å². The van der Waals surface area contributed by atoms with Gasteiger partial charge >= 0.3 is 0 Å². The van der Waals surface area contributed by atoms with Gasteiger partial charge in [0.25, 0.3) is 0 Å². The smallest absolute Gasteiger partial charge is 0.0654 e. The van der Waals surface area contributed by atoms with Gasteiger partial charge in [-0.15, -0.1) is 0 Å². The van der Waals surface area contributed by atoms with E-state index in [4.69, 9.17) is 0 Å². The Hall–Kier alpha value is -0.340. The summed E-state index contributed by atoms with van der Waals surface area (Å²) in [5.41, 5.74) is 0.699. The topological polar surface area (TPSA) is 40.5 Å². The Morgan fingerprint density at radius 2 is 1.94 bits per heavy atom. The molecule has 1 saturated carbocycles. The molecule has 17 heavy (non-hydrogen) atoms. The predicted octanol–water partition coefficient (Wildman–Crippen LogP) is 2.89. The number of aliphatic hydroxyl groups excluding tert-OH is 1. The fourth-order valence-electron chi connectivity index (χ4n) is 3.62. The summed E-state index contributed by atoms with van der Waals surface area (Å²) in [5, 5.41) is 20.4. The van der Waals surface area contributed by atoms with Crippen LogP contribution in [0.4, 0.5) is 0 Å². The van der Waals surface area contributed by atoms with E-state index in [1.807, 2.05) is 13.8 Å². The summed E-state index contributed by atoms with van der Waals surface area (Å²) in [7, 11) is 0. The van der Waals surface area contributed by atoms with Crippen molar-refractivity contribution in [3.05, 3.63) is 11.6 Å². The monoisotopic (exact) mass is 238 g/mol. The Labute approximate surface area is 105 Å². The first kappa shape index (κ1) is 13.1. The lowest BCUT2D eigenvalue weighted by Gasteiger charge is -2.49. The molecule has 2 heteroatoms. The Morgan fingerprint density at radius 3 is 2.53 bits per heavy atom. The summed E-state index contributed by atoms with van der Waals surface area (Å²) >= 11 is 0. The van der Waals surface area contributed by atoms with Crippen molar-refractivity contribution in [2.45, 2.75) is 65.1 Å². The molecule has 0 heterocycles. The van der Waals surface area contributed by atoms with Crippen LogP contribution in [0.2, 0.25) is 0 Å². The van der Waals surface area contributed by atoms with Gasteiger partial charge in [0, 0.05) is 11.3 Å². The zero-order valence-corrected chi connectivity index (χ0v) is 11.5. The highest BCUT2D eigenvalue weighted by Crippen LogP contribution is 2.51. The van der Waals surface area contributed by atoms with Gasteiger partial charge in [0.15, 0.2) is 0 Å². The maximum atomic E-state index is 10.3. The third-order valence-corrected chi connectivity index (χ3v) is 5.06. The lowest BCUT2D eigenvalue weighted by atomic mass is 9.58. The van der Waals surface area contributed by atoms with Crippen LogP contribution in [0.15, 0.2) is 11.6 Å². The zero-order valence-electron chi connectivity index (χ0n) is 11.5. The molecule has 0 saturated heterocycles. The fraction of sp³-hybridized carbons (Fsp3) is 0.867. The molecule has 0 unspecified atom stereocenters. The molecule has 0 aromatic rings. The minimum absolute atomic E-state index is 0.0422. The summed E-state index contributed by atoms with van der Waals surface area (Å²) < 4.78 is 0. The predicted molar refractivity (Wildman–Crippen MR) is 69.6 cm³/mol. The quantitative estimate of drug-likeness (QED) is 0.690. The fourth-order valence-corrected chi connectivity index (χ4v) is 3.62. The molecule has 1 fully saturated rings. The Balaban J connectivity index is 2.34. The van der Waals surface area contributed by atoms with E-state index in [0.29, 0.717) is 5.92 Å². The van der Waals surface area contributed by atoms with Gasteiger partial charge in [-0.3, -0.25) is 0 Å². The Morgan fingerprint density at radius 1 is 1.29 bits per heavy atom. The Bertz CT molecular complexity index is 326. The lowest BCUT2D eigenvalue weighted by Crippen LogP contribution is -2.45. The van der Waals surface area contributed by atoms with Crippen molar-refractivity contribution in [1.82, 2.24) is 0 Å². The average Bonchev–Trinajstić information content (AvgIpc) is 2.22. The van der Waals surface area contributed by atoms with Gasteiger partial charge in [-0.1, -0.05) is 25.5 Å². The Kier molecular flexibility index (Phi) is 3.16. The maximum Gasteiger partial charge on any atom is 0.0654 e. The molecule has 0 radical (unpaired) electrons. The molecule has 2 aliphatic rings. The van der Waals surface area contributed by atoms with E-state index < -0.39 is 5.60 Å². The van der Waals surface area contributed by atoms with Crippen LogP contribution in [-0.4, -0.2) is 21.9 Å². The number of hydrogen-bond donors (Lipinski definition) is 2. The van der Waals surface area contributed by atoms with Crippen LogP contribution in [0.5, 0.6) is 0 Å². The van der Waals surface area contributed by atoms with Crippen molar-refractivity contribution in [3.63, 3.8) is 0 Å². The van der Waals surface area contributed by atoms with Crippen LogP contribution in [0.3, 0.4) is 0 Å². The zero-order chi connectivity index (χ0) is 12.8. The van der Waals surface area contributed by atoms with Crippen LogP contribution < -0.4 is 0 Å². The summed E-state index contributed by atoms with van der Waals surface area (Å²) in [6, 6.07) is 0. The average molecular weight is 238 g/mol. The van der Waals surface area contributed by atoms with Crippen molar-refractivity contribution in [2.75, 3.05) is 0 Å². The second kappa shape index (κ2) is 4.10. The number of fused-ring (bicyclic) bond motifs is 1. The van der Waals surface area contributed by atoms with Crippen molar-refractivity contribution in [1.29, 1.82) is 0 Å². The van der Waals surface area contributed by atoms with Crippen LogP contribution in [0, 0.1) is 17.3 Å². The second-order valence-electron chi connectivity index (χ2n) is 6.83. The van der Waals surface area contributed by atoms with Crippen LogP contribution in [-0.2, 0) is 0 Å². The van der Waals surface area contributed by atoms with E-state index >= 15 is 0 Å². The van der Waals surface area contributed by atoms with Crippen molar-refractivity contribution >= 4 is 0 Å². The molecule has 0 amide bonds. The highest BCUT2D eigenvalue weighted by atomic mass is 16.3. The van der Waals surface area contributed by atoms with Gasteiger partial charge in [-0.2, -0.15) is 0 Å².